The number of aryl methyl sites for hydroxylation is 4. The lowest BCUT2D eigenvalue weighted by atomic mass is 10.0. The van der Waals surface area contributed by atoms with Gasteiger partial charge in [-0.15, -0.1) is 0 Å². The number of imide groups is 2. The topological polar surface area (TPSA) is 84.9 Å². The number of anilines is 1. The SMILES string of the molecule is COc1cc(/C=C2\C(=O)NC(=O)N(c3cc(C)ccc3C)C2=O)cc(Cl)c1OCc1ccc(C)c(C)c1. The van der Waals surface area contributed by atoms with Gasteiger partial charge in [-0.05, 0) is 85.4 Å². The van der Waals surface area contributed by atoms with Crippen molar-refractivity contribution in [2.24, 2.45) is 0 Å². The summed E-state index contributed by atoms with van der Waals surface area (Å²) in [6, 6.07) is 13.9. The first-order chi connectivity index (χ1) is 17.6. The van der Waals surface area contributed by atoms with Crippen molar-refractivity contribution in [2.45, 2.75) is 34.3 Å². The molecule has 4 amide bonds. The Kier molecular flexibility index (Phi) is 7.36. The van der Waals surface area contributed by atoms with E-state index in [0.717, 1.165) is 27.2 Å². The second-order valence-electron chi connectivity index (χ2n) is 8.99. The van der Waals surface area contributed by atoms with Crippen LogP contribution in [0.5, 0.6) is 11.5 Å². The van der Waals surface area contributed by atoms with Crippen LogP contribution in [-0.2, 0) is 16.2 Å². The number of rotatable bonds is 6. The molecule has 4 rings (SSSR count). The Labute approximate surface area is 220 Å². The summed E-state index contributed by atoms with van der Waals surface area (Å²) in [6.07, 6.45) is 1.38. The molecule has 0 unspecified atom stereocenters. The number of ether oxygens (including phenoxy) is 2. The second-order valence-corrected chi connectivity index (χ2v) is 9.40. The highest BCUT2D eigenvalue weighted by atomic mass is 35.5. The molecular formula is C29H27ClN2O5. The lowest BCUT2D eigenvalue weighted by Gasteiger charge is -2.27. The molecule has 0 bridgehead atoms. The number of urea groups is 1. The number of nitrogens with zero attached hydrogens (tertiary/aromatic N) is 1. The van der Waals surface area contributed by atoms with Crippen molar-refractivity contribution < 1.29 is 23.9 Å². The van der Waals surface area contributed by atoms with Crippen LogP contribution in [0, 0.1) is 27.7 Å². The molecule has 3 aromatic carbocycles. The molecular weight excluding hydrogens is 492 g/mol. The van der Waals surface area contributed by atoms with E-state index in [1.807, 2.05) is 51.1 Å². The molecule has 1 heterocycles. The molecule has 1 aliphatic rings. The number of carbonyl (C=O) groups excluding carboxylic acids is 3. The number of barbiturate groups is 1. The first-order valence-electron chi connectivity index (χ1n) is 11.6. The third-order valence-corrected chi connectivity index (χ3v) is 6.51. The van der Waals surface area contributed by atoms with Crippen molar-refractivity contribution in [3.63, 3.8) is 0 Å². The second kappa shape index (κ2) is 10.5. The first-order valence-corrected chi connectivity index (χ1v) is 12.0. The molecule has 1 N–H and O–H groups in total. The zero-order valence-electron chi connectivity index (χ0n) is 21.3. The zero-order chi connectivity index (χ0) is 26.9. The summed E-state index contributed by atoms with van der Waals surface area (Å²) in [6.45, 7) is 8.00. The standard InChI is InChI=1S/C29H27ClN2O5/c1-16-6-7-18(3)24(10-16)32-28(34)22(27(33)31-29(32)35)12-21-13-23(30)26(25(14-21)36-5)37-15-20-9-8-17(2)19(4)11-20/h6-14H,15H2,1-5H3,(H,31,33,35)/b22-12+. The highest BCUT2D eigenvalue weighted by molar-refractivity contribution is 6.39. The van der Waals surface area contributed by atoms with E-state index in [-0.39, 0.29) is 17.2 Å². The van der Waals surface area contributed by atoms with E-state index in [4.69, 9.17) is 21.1 Å². The predicted molar refractivity (Wildman–Crippen MR) is 143 cm³/mol. The van der Waals surface area contributed by atoms with Gasteiger partial charge in [0, 0.05) is 0 Å². The Morgan fingerprint density at radius 3 is 2.35 bits per heavy atom. The summed E-state index contributed by atoms with van der Waals surface area (Å²) < 4.78 is 11.5. The van der Waals surface area contributed by atoms with Crippen molar-refractivity contribution in [3.05, 3.63) is 92.5 Å². The molecule has 1 saturated heterocycles. The fraction of sp³-hybridized carbons (Fsp3) is 0.207. The molecule has 8 heteroatoms. The minimum Gasteiger partial charge on any atom is -0.493 e. The van der Waals surface area contributed by atoms with E-state index in [0.29, 0.717) is 22.7 Å². The van der Waals surface area contributed by atoms with Gasteiger partial charge in [0.25, 0.3) is 11.8 Å². The minimum absolute atomic E-state index is 0.206. The van der Waals surface area contributed by atoms with Gasteiger partial charge in [0.2, 0.25) is 0 Å². The van der Waals surface area contributed by atoms with Crippen molar-refractivity contribution in [1.29, 1.82) is 0 Å². The Balaban J connectivity index is 1.65. The average molecular weight is 519 g/mol. The maximum Gasteiger partial charge on any atom is 0.335 e. The average Bonchev–Trinajstić information content (AvgIpc) is 2.84. The quantitative estimate of drug-likeness (QED) is 0.328. The van der Waals surface area contributed by atoms with Gasteiger partial charge in [-0.25, -0.2) is 9.69 Å². The van der Waals surface area contributed by atoms with Crippen LogP contribution in [0.15, 0.2) is 54.1 Å². The Bertz CT molecular complexity index is 1460. The largest absolute Gasteiger partial charge is 0.493 e. The lowest BCUT2D eigenvalue weighted by Crippen LogP contribution is -2.54. The van der Waals surface area contributed by atoms with Gasteiger partial charge in [0.1, 0.15) is 12.2 Å². The summed E-state index contributed by atoms with van der Waals surface area (Å²) in [4.78, 5) is 39.5. The summed E-state index contributed by atoms with van der Waals surface area (Å²) >= 11 is 6.53. The number of benzene rings is 3. The number of amides is 4. The van der Waals surface area contributed by atoms with Crippen LogP contribution >= 0.6 is 11.6 Å². The maximum absolute atomic E-state index is 13.3. The molecule has 7 nitrogen and oxygen atoms in total. The summed E-state index contributed by atoms with van der Waals surface area (Å²) in [5.41, 5.74) is 5.56. The van der Waals surface area contributed by atoms with Gasteiger partial charge in [0.05, 0.1) is 17.8 Å². The van der Waals surface area contributed by atoms with Crippen LogP contribution in [0.4, 0.5) is 10.5 Å². The molecule has 0 aromatic heterocycles. The zero-order valence-corrected chi connectivity index (χ0v) is 22.0. The molecule has 0 spiro atoms. The summed E-state index contributed by atoms with van der Waals surface area (Å²) in [7, 11) is 1.48. The number of methoxy groups -OCH3 is 1. The first kappa shape index (κ1) is 26.0. The van der Waals surface area contributed by atoms with E-state index in [2.05, 4.69) is 5.32 Å². The van der Waals surface area contributed by atoms with Gasteiger partial charge < -0.3 is 9.47 Å². The monoisotopic (exact) mass is 518 g/mol. The van der Waals surface area contributed by atoms with Crippen molar-refractivity contribution >= 4 is 41.2 Å². The Hall–Kier alpha value is -4.10. The Morgan fingerprint density at radius 2 is 1.65 bits per heavy atom. The summed E-state index contributed by atoms with van der Waals surface area (Å²) in [5, 5.41) is 2.50. The van der Waals surface area contributed by atoms with Gasteiger partial charge in [-0.1, -0.05) is 41.9 Å². The molecule has 1 fully saturated rings. The van der Waals surface area contributed by atoms with E-state index >= 15 is 0 Å². The maximum atomic E-state index is 13.3. The minimum atomic E-state index is -0.799. The highest BCUT2D eigenvalue weighted by Gasteiger charge is 2.37. The molecule has 1 aliphatic heterocycles. The molecule has 3 aromatic rings. The molecule has 190 valence electrons. The highest BCUT2D eigenvalue weighted by Crippen LogP contribution is 2.38. The van der Waals surface area contributed by atoms with Gasteiger partial charge >= 0.3 is 6.03 Å². The number of hydrogen-bond acceptors (Lipinski definition) is 5. The van der Waals surface area contributed by atoms with Crippen LogP contribution in [0.3, 0.4) is 0 Å². The number of halogens is 1. The number of carbonyl (C=O) groups is 3. The Morgan fingerprint density at radius 1 is 0.919 bits per heavy atom. The van der Waals surface area contributed by atoms with Gasteiger partial charge in [0.15, 0.2) is 11.5 Å². The summed E-state index contributed by atoms with van der Waals surface area (Å²) in [5.74, 6) is -0.834. The van der Waals surface area contributed by atoms with E-state index in [9.17, 15) is 14.4 Å². The molecule has 0 aliphatic carbocycles. The van der Waals surface area contributed by atoms with Crippen LogP contribution in [0.2, 0.25) is 5.02 Å². The van der Waals surface area contributed by atoms with E-state index < -0.39 is 17.8 Å². The molecule has 37 heavy (non-hydrogen) atoms. The fourth-order valence-electron chi connectivity index (χ4n) is 4.02. The molecule has 0 saturated carbocycles. The van der Waals surface area contributed by atoms with Crippen LogP contribution in [-0.4, -0.2) is 25.0 Å². The van der Waals surface area contributed by atoms with Crippen molar-refractivity contribution in [3.8, 4) is 11.5 Å². The fourth-order valence-corrected chi connectivity index (χ4v) is 4.29. The van der Waals surface area contributed by atoms with E-state index in [1.165, 1.54) is 18.7 Å². The van der Waals surface area contributed by atoms with Crippen molar-refractivity contribution in [1.82, 2.24) is 5.32 Å². The van der Waals surface area contributed by atoms with Gasteiger partial charge in [-0.3, -0.25) is 14.9 Å². The lowest BCUT2D eigenvalue weighted by molar-refractivity contribution is -0.122. The van der Waals surface area contributed by atoms with E-state index in [1.54, 1.807) is 25.1 Å². The van der Waals surface area contributed by atoms with Crippen LogP contribution in [0.1, 0.15) is 33.4 Å². The van der Waals surface area contributed by atoms with Crippen LogP contribution < -0.4 is 19.7 Å². The van der Waals surface area contributed by atoms with Crippen molar-refractivity contribution in [2.75, 3.05) is 12.0 Å². The molecule has 0 radical (unpaired) electrons. The van der Waals surface area contributed by atoms with Crippen LogP contribution in [0.25, 0.3) is 6.08 Å². The number of hydrogen-bond donors (Lipinski definition) is 1. The third kappa shape index (κ3) is 5.37. The normalized spacial score (nSPS) is 14.7. The predicted octanol–water partition coefficient (Wildman–Crippen LogP) is 5.83. The molecule has 0 atom stereocenters. The third-order valence-electron chi connectivity index (χ3n) is 6.22. The van der Waals surface area contributed by atoms with Gasteiger partial charge in [-0.2, -0.15) is 0 Å². The smallest absolute Gasteiger partial charge is 0.335 e. The number of nitrogens with one attached hydrogen (secondary N) is 1.